The first-order valence-corrected chi connectivity index (χ1v) is 17.5. The van der Waals surface area contributed by atoms with Gasteiger partial charge in [-0.25, -0.2) is 19.7 Å². The van der Waals surface area contributed by atoms with Crippen molar-refractivity contribution in [2.24, 2.45) is 0 Å². The Labute approximate surface area is 325 Å². The highest BCUT2D eigenvalue weighted by atomic mass is 35.5. The van der Waals surface area contributed by atoms with E-state index in [-0.39, 0.29) is 28.3 Å². The number of allylic oxidation sites excluding steroid dienone is 6. The molecular weight excluding hydrogens is 735 g/mol. The molecule has 0 N–H and O–H groups in total. The van der Waals surface area contributed by atoms with Gasteiger partial charge in [0, 0.05) is 69.8 Å². The molecule has 6 aromatic rings. The van der Waals surface area contributed by atoms with Gasteiger partial charge in [-0.2, -0.15) is 0 Å². The van der Waals surface area contributed by atoms with Crippen LogP contribution in [0.4, 0.5) is 22.7 Å². The number of halogens is 2. The molecule has 0 spiro atoms. The lowest BCUT2D eigenvalue weighted by Crippen LogP contribution is -2.10. The Morgan fingerprint density at radius 2 is 1.13 bits per heavy atom. The molecule has 0 unspecified atom stereocenters. The maximum absolute atomic E-state index is 13.3. The van der Waals surface area contributed by atoms with Gasteiger partial charge in [0.15, 0.2) is 0 Å². The van der Waals surface area contributed by atoms with Crippen LogP contribution < -0.4 is 21.1 Å². The Morgan fingerprint density at radius 1 is 0.673 bits per heavy atom. The third-order valence-electron chi connectivity index (χ3n) is 8.61. The second-order valence-electron chi connectivity index (χ2n) is 12.5. The summed E-state index contributed by atoms with van der Waals surface area (Å²) in [6.07, 6.45) is 9.21. The molecule has 0 radical (unpaired) electrons. The zero-order chi connectivity index (χ0) is 38.6. The van der Waals surface area contributed by atoms with Crippen LogP contribution in [0.2, 0.25) is 10.0 Å². The zero-order valence-electron chi connectivity index (χ0n) is 29.3. The summed E-state index contributed by atoms with van der Waals surface area (Å²) in [7, 11) is 3.79. The van der Waals surface area contributed by atoms with E-state index in [1.165, 1.54) is 18.2 Å². The Hall–Kier alpha value is -7.04. The van der Waals surface area contributed by atoms with Crippen LogP contribution in [0.5, 0.6) is 0 Å². The number of benzene rings is 4. The number of nitrogens with zero attached hydrogens (tertiary/aromatic N) is 4. The Kier molecular flexibility index (Phi) is 10.2. The molecule has 0 amide bonds. The van der Waals surface area contributed by atoms with Crippen molar-refractivity contribution in [3.63, 3.8) is 0 Å². The van der Waals surface area contributed by atoms with Crippen molar-refractivity contribution < 1.29 is 13.6 Å². The average Bonchev–Trinajstić information content (AvgIpc) is 3.18. The predicted molar refractivity (Wildman–Crippen MR) is 219 cm³/mol. The summed E-state index contributed by atoms with van der Waals surface area (Å²) in [6.45, 7) is 7.49. The minimum absolute atomic E-state index is 0.158. The SMILES string of the molecule is [C-]#[N+]/C(C#N)=C1C=C(/C=C/c2cc3ccc(N(C)C)cc3oc2=O)OC(/C=C/c2cc3ccc(N(c4ccc(Cl)cc4)c4ccc(Cl)cc4)cc3oc2=O)=C/1. The van der Waals surface area contributed by atoms with Crippen molar-refractivity contribution in [3.05, 3.63) is 198 Å². The number of ether oxygens (including phenoxy) is 1. The van der Waals surface area contributed by atoms with Gasteiger partial charge in [0.1, 0.15) is 22.7 Å². The third kappa shape index (κ3) is 8.00. The van der Waals surface area contributed by atoms with Gasteiger partial charge in [-0.1, -0.05) is 23.2 Å². The number of nitriles is 1. The Bertz CT molecular complexity index is 2790. The van der Waals surface area contributed by atoms with Gasteiger partial charge in [-0.05, 0) is 127 Å². The van der Waals surface area contributed by atoms with E-state index in [2.05, 4.69) is 4.85 Å². The van der Waals surface area contributed by atoms with E-state index in [9.17, 15) is 14.9 Å². The third-order valence-corrected chi connectivity index (χ3v) is 9.12. The predicted octanol–water partition coefficient (Wildman–Crippen LogP) is 11.0. The molecule has 0 fully saturated rings. The first kappa shape index (κ1) is 36.3. The molecular formula is C44H28Cl2N4O5. The van der Waals surface area contributed by atoms with Crippen molar-refractivity contribution in [2.75, 3.05) is 23.9 Å². The van der Waals surface area contributed by atoms with Crippen LogP contribution in [0.15, 0.2) is 163 Å². The van der Waals surface area contributed by atoms with Gasteiger partial charge in [-0.3, -0.25) is 0 Å². The molecule has 268 valence electrons. The van der Waals surface area contributed by atoms with Gasteiger partial charge in [0.25, 0.3) is 5.70 Å². The number of anilines is 4. The fourth-order valence-electron chi connectivity index (χ4n) is 5.85. The van der Waals surface area contributed by atoms with Crippen LogP contribution in [0.25, 0.3) is 38.9 Å². The molecule has 55 heavy (non-hydrogen) atoms. The van der Waals surface area contributed by atoms with Crippen molar-refractivity contribution in [1.82, 2.24) is 0 Å². The molecule has 0 aliphatic carbocycles. The molecule has 1 aliphatic heterocycles. The van der Waals surface area contributed by atoms with E-state index in [1.807, 2.05) is 78.5 Å². The van der Waals surface area contributed by atoms with Crippen LogP contribution in [-0.4, -0.2) is 14.1 Å². The van der Waals surface area contributed by atoms with Crippen molar-refractivity contribution >= 4 is 80.0 Å². The lowest BCUT2D eigenvalue weighted by molar-refractivity contribution is 0.332. The van der Waals surface area contributed by atoms with Crippen LogP contribution >= 0.6 is 23.2 Å². The summed E-state index contributed by atoms with van der Waals surface area (Å²) in [4.78, 5) is 33.4. The molecule has 4 aromatic carbocycles. The standard InChI is InChI=1S/C44H28Cl2N4O5/c1-48-40(26-47)31-22-38(18-6-29-20-27-4-12-36(49(2)3)24-41(27)54-43(29)51)53-39(23-31)19-7-30-21-28-5-13-37(25-42(28)55-44(30)52)50(34-14-8-32(45)9-15-34)35-16-10-33(46)11-17-35/h4-25H,2-3H3/b18-6+,19-7+,40-31-. The summed E-state index contributed by atoms with van der Waals surface area (Å²) in [6, 6.07) is 31.2. The largest absolute Gasteiger partial charge is 0.457 e. The van der Waals surface area contributed by atoms with E-state index in [4.69, 9.17) is 43.3 Å². The van der Waals surface area contributed by atoms with E-state index in [0.29, 0.717) is 32.2 Å². The van der Waals surface area contributed by atoms with Gasteiger partial charge >= 0.3 is 11.3 Å². The molecule has 3 heterocycles. The lowest BCUT2D eigenvalue weighted by Gasteiger charge is -2.25. The highest BCUT2D eigenvalue weighted by Gasteiger charge is 2.16. The normalized spacial score (nSPS) is 13.6. The van der Waals surface area contributed by atoms with E-state index in [1.54, 1.807) is 66.8 Å². The van der Waals surface area contributed by atoms with Crippen molar-refractivity contribution in [1.29, 1.82) is 5.26 Å². The smallest absolute Gasteiger partial charge is 0.343 e. The summed E-state index contributed by atoms with van der Waals surface area (Å²) < 4.78 is 17.4. The Balaban J connectivity index is 1.18. The second kappa shape index (κ2) is 15.5. The van der Waals surface area contributed by atoms with E-state index >= 15 is 0 Å². The Morgan fingerprint density at radius 3 is 1.58 bits per heavy atom. The van der Waals surface area contributed by atoms with Crippen LogP contribution in [-0.2, 0) is 4.74 Å². The monoisotopic (exact) mass is 762 g/mol. The molecule has 11 heteroatoms. The maximum atomic E-state index is 13.3. The molecule has 9 nitrogen and oxygen atoms in total. The fraction of sp³-hybridized carbons (Fsp3) is 0.0455. The lowest BCUT2D eigenvalue weighted by atomic mass is 10.1. The van der Waals surface area contributed by atoms with E-state index < -0.39 is 11.3 Å². The van der Waals surface area contributed by atoms with E-state index in [0.717, 1.165) is 28.1 Å². The topological polar surface area (TPSA) is 104 Å². The van der Waals surface area contributed by atoms with Gasteiger partial charge in [0.2, 0.25) is 0 Å². The minimum Gasteiger partial charge on any atom is -0.457 e. The molecule has 0 atom stereocenters. The summed E-state index contributed by atoms with van der Waals surface area (Å²) in [5.41, 5.74) is 3.65. The van der Waals surface area contributed by atoms with Crippen LogP contribution in [0.1, 0.15) is 11.1 Å². The van der Waals surface area contributed by atoms with Crippen LogP contribution in [0, 0.1) is 17.9 Å². The molecule has 0 bridgehead atoms. The van der Waals surface area contributed by atoms with Crippen molar-refractivity contribution in [3.8, 4) is 6.07 Å². The molecule has 0 saturated carbocycles. The van der Waals surface area contributed by atoms with Gasteiger partial charge in [-0.15, -0.1) is 0 Å². The highest BCUT2D eigenvalue weighted by Crippen LogP contribution is 2.37. The highest BCUT2D eigenvalue weighted by molar-refractivity contribution is 6.31. The fourth-order valence-corrected chi connectivity index (χ4v) is 6.10. The average molecular weight is 764 g/mol. The first-order valence-electron chi connectivity index (χ1n) is 16.7. The number of hydrogen-bond donors (Lipinski definition) is 0. The van der Waals surface area contributed by atoms with Crippen molar-refractivity contribution in [2.45, 2.75) is 0 Å². The molecule has 1 aliphatic rings. The first-order chi connectivity index (χ1) is 26.6. The number of fused-ring (bicyclic) bond motifs is 2. The second-order valence-corrected chi connectivity index (χ2v) is 13.4. The minimum atomic E-state index is -0.590. The van der Waals surface area contributed by atoms with Gasteiger partial charge < -0.3 is 23.4 Å². The summed E-state index contributed by atoms with van der Waals surface area (Å²) >= 11 is 12.4. The summed E-state index contributed by atoms with van der Waals surface area (Å²) in [5.74, 6) is 0.492. The summed E-state index contributed by atoms with van der Waals surface area (Å²) in [5, 5.41) is 12.2. The maximum Gasteiger partial charge on any atom is 0.343 e. The number of rotatable bonds is 8. The quantitative estimate of drug-likeness (QED) is 0.0857. The van der Waals surface area contributed by atoms with Gasteiger partial charge in [0.05, 0.1) is 23.8 Å². The van der Waals surface area contributed by atoms with Crippen LogP contribution in [0.3, 0.4) is 0 Å². The number of hydrogen-bond acceptors (Lipinski definition) is 8. The molecule has 7 rings (SSSR count). The molecule has 2 aromatic heterocycles. The zero-order valence-corrected chi connectivity index (χ0v) is 30.8. The molecule has 0 saturated heterocycles.